The minimum absolute atomic E-state index is 0.0914. The number of rotatable bonds is 2. The maximum Gasteiger partial charge on any atom is 0.295 e. The number of pyridine rings is 1. The molecular weight excluding hydrogens is 304 g/mol. The molecule has 2 fully saturated rings. The van der Waals surface area contributed by atoms with Crippen molar-refractivity contribution in [1.82, 2.24) is 9.88 Å². The number of piperidine rings is 1. The summed E-state index contributed by atoms with van der Waals surface area (Å²) in [6.45, 7) is 6.16. The third kappa shape index (κ3) is 2.60. The Bertz CT molecular complexity index is 792. The van der Waals surface area contributed by atoms with Gasteiger partial charge in [-0.25, -0.2) is 4.98 Å². The zero-order chi connectivity index (χ0) is 16.7. The van der Waals surface area contributed by atoms with Crippen molar-refractivity contribution in [3.8, 4) is 0 Å². The molecule has 2 aliphatic rings. The molecule has 1 aromatic carbocycles. The molecule has 0 saturated carbocycles. The van der Waals surface area contributed by atoms with Crippen molar-refractivity contribution in [3.63, 3.8) is 0 Å². The van der Waals surface area contributed by atoms with E-state index in [1.165, 1.54) is 31.9 Å². The number of piperazine rings is 1. The lowest BCUT2D eigenvalue weighted by Gasteiger charge is -2.45. The molecule has 24 heavy (non-hydrogen) atoms. The smallest absolute Gasteiger partial charge is 0.295 e. The fourth-order valence-electron chi connectivity index (χ4n) is 4.12. The van der Waals surface area contributed by atoms with Crippen molar-refractivity contribution in [3.05, 3.63) is 40.1 Å². The highest BCUT2D eigenvalue weighted by Gasteiger charge is 2.30. The number of hydrogen-bond donors (Lipinski definition) is 0. The first-order chi connectivity index (χ1) is 11.6. The van der Waals surface area contributed by atoms with Gasteiger partial charge in [-0.05, 0) is 32.4 Å². The van der Waals surface area contributed by atoms with Gasteiger partial charge in [0.25, 0.3) is 5.69 Å². The quantitative estimate of drug-likeness (QED) is 0.627. The number of hydrogen-bond acceptors (Lipinski definition) is 5. The van der Waals surface area contributed by atoms with Crippen molar-refractivity contribution in [2.45, 2.75) is 32.2 Å². The largest absolute Gasteiger partial charge is 0.368 e. The van der Waals surface area contributed by atoms with Gasteiger partial charge in [-0.3, -0.25) is 15.0 Å². The number of para-hydroxylation sites is 1. The molecule has 1 aromatic heterocycles. The molecule has 6 heteroatoms. The Morgan fingerprint density at radius 1 is 1.25 bits per heavy atom. The highest BCUT2D eigenvalue weighted by molar-refractivity contribution is 5.97. The molecule has 0 radical (unpaired) electrons. The predicted molar refractivity (Wildman–Crippen MR) is 94.6 cm³/mol. The zero-order valence-corrected chi connectivity index (χ0v) is 13.9. The van der Waals surface area contributed by atoms with Gasteiger partial charge in [-0.15, -0.1) is 0 Å². The van der Waals surface area contributed by atoms with Crippen LogP contribution in [0.15, 0.2) is 24.3 Å². The number of fused-ring (bicyclic) bond motifs is 2. The van der Waals surface area contributed by atoms with E-state index < -0.39 is 0 Å². The Morgan fingerprint density at radius 3 is 2.96 bits per heavy atom. The molecule has 4 rings (SSSR count). The summed E-state index contributed by atoms with van der Waals surface area (Å²) in [7, 11) is 0. The van der Waals surface area contributed by atoms with Gasteiger partial charge in [0.05, 0.1) is 4.92 Å². The molecule has 1 atom stereocenters. The molecular formula is C18H22N4O2. The second-order valence-electron chi connectivity index (χ2n) is 6.84. The summed E-state index contributed by atoms with van der Waals surface area (Å²) in [4.78, 5) is 20.5. The van der Waals surface area contributed by atoms with Gasteiger partial charge >= 0.3 is 0 Å². The van der Waals surface area contributed by atoms with E-state index >= 15 is 0 Å². The van der Waals surface area contributed by atoms with Crippen LogP contribution in [0, 0.1) is 17.0 Å². The van der Waals surface area contributed by atoms with E-state index in [0.717, 1.165) is 36.4 Å². The van der Waals surface area contributed by atoms with Gasteiger partial charge in [-0.2, -0.15) is 0 Å². The lowest BCUT2D eigenvalue weighted by atomic mass is 9.98. The maximum absolute atomic E-state index is 11.3. The van der Waals surface area contributed by atoms with Crippen LogP contribution in [-0.2, 0) is 0 Å². The van der Waals surface area contributed by atoms with Crippen LogP contribution in [0.25, 0.3) is 10.9 Å². The van der Waals surface area contributed by atoms with Crippen molar-refractivity contribution < 1.29 is 4.92 Å². The molecule has 2 saturated heterocycles. The zero-order valence-electron chi connectivity index (χ0n) is 13.9. The second-order valence-corrected chi connectivity index (χ2v) is 6.84. The van der Waals surface area contributed by atoms with Crippen LogP contribution in [-0.4, -0.2) is 47.0 Å². The molecule has 0 aliphatic carbocycles. The van der Waals surface area contributed by atoms with Crippen LogP contribution >= 0.6 is 0 Å². The van der Waals surface area contributed by atoms with Gasteiger partial charge in [0.15, 0.2) is 5.52 Å². The standard InChI is InChI=1S/C18H22N4O2/c1-13-11-17(15-6-4-7-16(22(23)24)18(15)19-13)21-10-9-20-8-3-2-5-14(20)12-21/h4,6-7,11,14H,2-3,5,8-10,12H2,1H3. The number of nitrogens with zero attached hydrogens (tertiary/aromatic N) is 4. The van der Waals surface area contributed by atoms with E-state index in [0.29, 0.717) is 11.6 Å². The Morgan fingerprint density at radius 2 is 2.12 bits per heavy atom. The summed E-state index contributed by atoms with van der Waals surface area (Å²) >= 11 is 0. The summed E-state index contributed by atoms with van der Waals surface area (Å²) < 4.78 is 0. The monoisotopic (exact) mass is 326 g/mol. The molecule has 2 aromatic rings. The van der Waals surface area contributed by atoms with Gasteiger partial charge in [0, 0.05) is 48.5 Å². The summed E-state index contributed by atoms with van der Waals surface area (Å²) in [5, 5.41) is 12.2. The number of nitro groups is 1. The van der Waals surface area contributed by atoms with E-state index in [1.807, 2.05) is 13.0 Å². The maximum atomic E-state index is 11.3. The van der Waals surface area contributed by atoms with Crippen molar-refractivity contribution in [2.75, 3.05) is 31.1 Å². The Hall–Kier alpha value is -2.21. The average molecular weight is 326 g/mol. The van der Waals surface area contributed by atoms with Crippen LogP contribution in [0.3, 0.4) is 0 Å². The Labute approximate surface area is 141 Å². The third-order valence-corrected chi connectivity index (χ3v) is 5.30. The number of anilines is 1. The van der Waals surface area contributed by atoms with Gasteiger partial charge in [0.2, 0.25) is 0 Å². The number of benzene rings is 1. The number of aromatic nitrogens is 1. The highest BCUT2D eigenvalue weighted by atomic mass is 16.6. The molecule has 6 nitrogen and oxygen atoms in total. The van der Waals surface area contributed by atoms with E-state index in [9.17, 15) is 10.1 Å². The van der Waals surface area contributed by atoms with Crippen molar-refractivity contribution >= 4 is 22.3 Å². The number of non-ortho nitro benzene ring substituents is 1. The topological polar surface area (TPSA) is 62.5 Å². The van der Waals surface area contributed by atoms with Gasteiger partial charge < -0.3 is 4.90 Å². The first kappa shape index (κ1) is 15.3. The molecule has 3 heterocycles. The summed E-state index contributed by atoms with van der Waals surface area (Å²) in [5.41, 5.74) is 2.52. The van der Waals surface area contributed by atoms with Crippen LogP contribution in [0.5, 0.6) is 0 Å². The first-order valence-electron chi connectivity index (χ1n) is 8.67. The summed E-state index contributed by atoms with van der Waals surface area (Å²) in [6.07, 6.45) is 3.86. The molecule has 126 valence electrons. The molecule has 0 amide bonds. The summed E-state index contributed by atoms with van der Waals surface area (Å²) in [5.74, 6) is 0. The lowest BCUT2D eigenvalue weighted by Crippen LogP contribution is -2.55. The average Bonchev–Trinajstić information content (AvgIpc) is 2.60. The van der Waals surface area contributed by atoms with Crippen LogP contribution in [0.1, 0.15) is 25.0 Å². The van der Waals surface area contributed by atoms with Crippen molar-refractivity contribution in [2.24, 2.45) is 0 Å². The van der Waals surface area contributed by atoms with Gasteiger partial charge in [0.1, 0.15) is 0 Å². The van der Waals surface area contributed by atoms with E-state index in [4.69, 9.17) is 0 Å². The predicted octanol–water partition coefficient (Wildman–Crippen LogP) is 3.13. The van der Waals surface area contributed by atoms with Crippen LogP contribution < -0.4 is 4.90 Å². The molecule has 1 unspecified atom stereocenters. The second kappa shape index (κ2) is 6.02. The fraction of sp³-hybridized carbons (Fsp3) is 0.500. The minimum Gasteiger partial charge on any atom is -0.368 e. The Kier molecular flexibility index (Phi) is 3.84. The minimum atomic E-state index is -0.336. The molecule has 0 N–H and O–H groups in total. The molecule has 0 bridgehead atoms. The third-order valence-electron chi connectivity index (χ3n) is 5.30. The first-order valence-corrected chi connectivity index (χ1v) is 8.67. The number of nitro benzene ring substituents is 1. The number of aryl methyl sites for hydroxylation is 1. The molecule has 0 spiro atoms. The summed E-state index contributed by atoms with van der Waals surface area (Å²) in [6, 6.07) is 7.94. The van der Waals surface area contributed by atoms with E-state index in [2.05, 4.69) is 20.9 Å². The lowest BCUT2D eigenvalue weighted by molar-refractivity contribution is -0.383. The van der Waals surface area contributed by atoms with E-state index in [1.54, 1.807) is 6.07 Å². The fourth-order valence-corrected chi connectivity index (χ4v) is 4.12. The van der Waals surface area contributed by atoms with Crippen LogP contribution in [0.2, 0.25) is 0 Å². The van der Waals surface area contributed by atoms with Crippen molar-refractivity contribution in [1.29, 1.82) is 0 Å². The van der Waals surface area contributed by atoms with Crippen LogP contribution in [0.4, 0.5) is 11.4 Å². The Balaban J connectivity index is 1.76. The normalized spacial score (nSPS) is 21.7. The van der Waals surface area contributed by atoms with Gasteiger partial charge in [-0.1, -0.05) is 18.6 Å². The van der Waals surface area contributed by atoms with E-state index in [-0.39, 0.29) is 10.6 Å². The molecule has 2 aliphatic heterocycles. The highest BCUT2D eigenvalue weighted by Crippen LogP contribution is 2.34. The SMILES string of the molecule is Cc1cc(N2CCN3CCCCC3C2)c2cccc([N+](=O)[O-])c2n1.